The Morgan fingerprint density at radius 3 is 1.63 bits per heavy atom. The molecule has 0 aliphatic heterocycles. The molecule has 0 saturated heterocycles. The Morgan fingerprint density at radius 1 is 0.632 bits per heavy atom. The fourth-order valence-electron chi connectivity index (χ4n) is 1.61. The Hall–Kier alpha value is 0.519. The molecule has 0 amide bonds. The van der Waals surface area contributed by atoms with E-state index < -0.39 is 0 Å². The van der Waals surface area contributed by atoms with Crippen LogP contribution in [0.4, 0.5) is 0 Å². The van der Waals surface area contributed by atoms with Gasteiger partial charge >= 0.3 is 0 Å². The zero-order valence-corrected chi connectivity index (χ0v) is 12.4. The molecule has 0 N–H and O–H groups in total. The smallest absolute Gasteiger partial charge is 0 e. The molecule has 0 spiro atoms. The van der Waals surface area contributed by atoms with Gasteiger partial charge in [0.25, 0.3) is 0 Å². The summed E-state index contributed by atoms with van der Waals surface area (Å²) in [6.45, 7) is 2.25. The van der Waals surface area contributed by atoms with Crippen molar-refractivity contribution in [3.05, 3.63) is 63.7 Å². The van der Waals surface area contributed by atoms with Gasteiger partial charge in [-0.05, 0) is 38.0 Å². The standard InChI is InChI=1S/C13H17.C5.Fe/c1-2-3-4-5-6-7-10-13-11-8-9-12-13;1-2-4-5-3-1;/h2-7,10H2,1H3;;. The first-order valence-electron chi connectivity index (χ1n) is 6.56. The first-order valence-corrected chi connectivity index (χ1v) is 6.56. The van der Waals surface area contributed by atoms with Gasteiger partial charge in [-0.3, -0.25) is 0 Å². The first kappa shape index (κ1) is 19.5. The molecule has 19 heavy (non-hydrogen) atoms. The fraction of sp³-hybridized carbons (Fsp3) is 0.444. The average molecular weight is 289 g/mol. The topological polar surface area (TPSA) is 0 Å². The number of rotatable bonds is 7. The van der Waals surface area contributed by atoms with Gasteiger partial charge in [0, 0.05) is 49.2 Å². The molecule has 19 radical (unpaired) electrons. The SMILES string of the molecule is CCCCCCCC[C]1[C][C][C][C]1.[C]1[C][C][C][C]1.[Fe]. The van der Waals surface area contributed by atoms with E-state index in [0.29, 0.717) is 0 Å². The second-order valence-corrected chi connectivity index (χ2v) is 4.12. The van der Waals surface area contributed by atoms with Crippen LogP contribution in [0.3, 0.4) is 0 Å². The van der Waals surface area contributed by atoms with Crippen LogP contribution in [-0.4, -0.2) is 0 Å². The van der Waals surface area contributed by atoms with Gasteiger partial charge in [-0.1, -0.05) is 45.4 Å². The van der Waals surface area contributed by atoms with Crippen molar-refractivity contribution < 1.29 is 17.1 Å². The first-order chi connectivity index (χ1) is 8.93. The quantitative estimate of drug-likeness (QED) is 0.490. The summed E-state index contributed by atoms with van der Waals surface area (Å²) in [4.78, 5) is 0. The van der Waals surface area contributed by atoms with Crippen molar-refractivity contribution >= 4 is 0 Å². The molecule has 2 rings (SSSR count). The molecule has 97 valence electrons. The molecule has 0 bridgehead atoms. The summed E-state index contributed by atoms with van der Waals surface area (Å²) in [5, 5.41) is 0. The van der Waals surface area contributed by atoms with E-state index in [0.717, 1.165) is 12.3 Å². The molecular weight excluding hydrogens is 272 g/mol. The summed E-state index contributed by atoms with van der Waals surface area (Å²) in [7, 11) is 0. The fourth-order valence-corrected chi connectivity index (χ4v) is 1.61. The van der Waals surface area contributed by atoms with Crippen LogP contribution in [0.2, 0.25) is 0 Å². The van der Waals surface area contributed by atoms with E-state index in [1.54, 1.807) is 0 Å². The molecule has 0 atom stereocenters. The second kappa shape index (κ2) is 14.9. The Kier molecular flexibility index (Phi) is 15.3. The van der Waals surface area contributed by atoms with Gasteiger partial charge in [-0.15, -0.1) is 0 Å². The van der Waals surface area contributed by atoms with Crippen molar-refractivity contribution in [1.82, 2.24) is 0 Å². The van der Waals surface area contributed by atoms with Gasteiger partial charge in [0.05, 0.1) is 0 Å². The summed E-state index contributed by atoms with van der Waals surface area (Å²) in [5.74, 6) is 1.15. The maximum Gasteiger partial charge on any atom is 0 e. The maximum absolute atomic E-state index is 3.00. The molecule has 2 aliphatic rings. The van der Waals surface area contributed by atoms with Crippen LogP contribution >= 0.6 is 0 Å². The minimum Gasteiger partial charge on any atom is -0.0654 e. The number of hydrogen-bond acceptors (Lipinski definition) is 0. The van der Waals surface area contributed by atoms with Crippen LogP contribution in [0.5, 0.6) is 0 Å². The van der Waals surface area contributed by atoms with E-state index in [1.165, 1.54) is 38.5 Å². The summed E-state index contributed by atoms with van der Waals surface area (Å²) < 4.78 is 0. The van der Waals surface area contributed by atoms with E-state index in [4.69, 9.17) is 0 Å². The molecule has 2 aliphatic carbocycles. The normalized spacial score (nSPS) is 18.8. The molecule has 2 saturated carbocycles. The predicted molar refractivity (Wildman–Crippen MR) is 70.4 cm³/mol. The molecule has 0 aromatic rings. The van der Waals surface area contributed by atoms with Crippen LogP contribution in [0.1, 0.15) is 51.9 Å². The molecule has 2 fully saturated rings. The molecule has 0 aromatic heterocycles. The van der Waals surface area contributed by atoms with E-state index >= 15 is 0 Å². The summed E-state index contributed by atoms with van der Waals surface area (Å²) in [5.41, 5.74) is 0. The van der Waals surface area contributed by atoms with Crippen molar-refractivity contribution in [2.75, 3.05) is 0 Å². The monoisotopic (exact) mass is 289 g/mol. The minimum absolute atomic E-state index is 0. The van der Waals surface area contributed by atoms with E-state index in [2.05, 4.69) is 64.7 Å². The second-order valence-electron chi connectivity index (χ2n) is 4.12. The summed E-state index contributed by atoms with van der Waals surface area (Å²) >= 11 is 0. The van der Waals surface area contributed by atoms with Crippen molar-refractivity contribution in [2.24, 2.45) is 0 Å². The summed E-state index contributed by atoms with van der Waals surface area (Å²) in [6.07, 6.45) is 33.3. The molecule has 1 heteroatoms. The van der Waals surface area contributed by atoms with Gasteiger partial charge in [-0.2, -0.15) is 0 Å². The van der Waals surface area contributed by atoms with E-state index in [9.17, 15) is 0 Å². The van der Waals surface area contributed by atoms with Crippen LogP contribution < -0.4 is 0 Å². The number of hydrogen-bond donors (Lipinski definition) is 0. The van der Waals surface area contributed by atoms with E-state index in [1.807, 2.05) is 0 Å². The van der Waals surface area contributed by atoms with Crippen LogP contribution in [0.15, 0.2) is 0 Å². The molecule has 0 nitrogen and oxygen atoms in total. The Labute approximate surface area is 133 Å². The van der Waals surface area contributed by atoms with Crippen LogP contribution in [0, 0.1) is 63.7 Å². The van der Waals surface area contributed by atoms with Crippen molar-refractivity contribution in [3.8, 4) is 0 Å². The Balaban J connectivity index is 0.000000454. The Bertz CT molecular complexity index is 149. The van der Waals surface area contributed by atoms with Crippen molar-refractivity contribution in [2.45, 2.75) is 51.9 Å². The number of unbranched alkanes of at least 4 members (excludes halogenated alkanes) is 5. The van der Waals surface area contributed by atoms with Crippen LogP contribution in [0.25, 0.3) is 0 Å². The Morgan fingerprint density at radius 2 is 1.11 bits per heavy atom. The zero-order valence-electron chi connectivity index (χ0n) is 11.3. The predicted octanol–water partition coefficient (Wildman–Crippen LogP) is 4.05. The molecular formula is C18H17Fe. The maximum atomic E-state index is 3.00. The third-order valence-electron chi connectivity index (χ3n) is 2.58. The van der Waals surface area contributed by atoms with Gasteiger partial charge < -0.3 is 0 Å². The van der Waals surface area contributed by atoms with Crippen molar-refractivity contribution in [3.63, 3.8) is 0 Å². The third-order valence-corrected chi connectivity index (χ3v) is 2.58. The van der Waals surface area contributed by atoms with Gasteiger partial charge in [-0.25, -0.2) is 0 Å². The minimum atomic E-state index is 0. The van der Waals surface area contributed by atoms with Crippen LogP contribution in [-0.2, 0) is 17.1 Å². The largest absolute Gasteiger partial charge is 0.0654 e. The molecule has 0 aromatic carbocycles. The molecule has 0 unspecified atom stereocenters. The summed E-state index contributed by atoms with van der Waals surface area (Å²) in [6, 6.07) is 0. The van der Waals surface area contributed by atoms with Gasteiger partial charge in [0.2, 0.25) is 0 Å². The van der Waals surface area contributed by atoms with Crippen molar-refractivity contribution in [1.29, 1.82) is 0 Å². The average Bonchev–Trinajstić information content (AvgIpc) is 3.07. The van der Waals surface area contributed by atoms with Gasteiger partial charge in [0.15, 0.2) is 0 Å². The van der Waals surface area contributed by atoms with Gasteiger partial charge in [0.1, 0.15) is 0 Å². The molecule has 0 heterocycles. The zero-order chi connectivity index (χ0) is 12.9. The third kappa shape index (κ3) is 12.0. The van der Waals surface area contributed by atoms with E-state index in [-0.39, 0.29) is 17.1 Å².